The van der Waals surface area contributed by atoms with E-state index in [-0.39, 0.29) is 0 Å². The highest BCUT2D eigenvalue weighted by Crippen LogP contribution is 2.26. The summed E-state index contributed by atoms with van der Waals surface area (Å²) in [5, 5.41) is 0. The lowest BCUT2D eigenvalue weighted by Gasteiger charge is -2.19. The first-order valence-electron chi connectivity index (χ1n) is 6.08. The summed E-state index contributed by atoms with van der Waals surface area (Å²) in [5.41, 5.74) is 6.33. The third-order valence-electron chi connectivity index (χ3n) is 3.19. The molecule has 1 fully saturated rings. The highest BCUT2D eigenvalue weighted by atomic mass is 32.1. The molecule has 0 saturated carbocycles. The molecule has 1 aliphatic heterocycles. The Labute approximate surface area is 107 Å². The van der Waals surface area contributed by atoms with Crippen molar-refractivity contribution in [2.45, 2.75) is 26.2 Å². The molecule has 0 aliphatic carbocycles. The number of rotatable bonds is 4. The molecule has 1 saturated heterocycles. The summed E-state index contributed by atoms with van der Waals surface area (Å²) in [6.45, 7) is 4.30. The average molecular weight is 250 g/mol. The van der Waals surface area contributed by atoms with Crippen LogP contribution in [-0.2, 0) is 0 Å². The maximum atomic E-state index is 5.68. The van der Waals surface area contributed by atoms with Crippen molar-refractivity contribution in [3.63, 3.8) is 0 Å². The molecule has 2 N–H and O–H groups in total. The van der Waals surface area contributed by atoms with Crippen molar-refractivity contribution in [2.75, 3.05) is 18.0 Å². The van der Waals surface area contributed by atoms with Crippen LogP contribution in [0.25, 0.3) is 0 Å². The number of hydrogen-bond donors (Lipinski definition) is 1. The van der Waals surface area contributed by atoms with E-state index in [1.807, 2.05) is 0 Å². The minimum Gasteiger partial charge on any atom is -0.388 e. The molecule has 1 aromatic heterocycles. The Morgan fingerprint density at radius 1 is 1.53 bits per heavy atom. The number of nitrogens with zero attached hydrogens (tertiary/aromatic N) is 3. The van der Waals surface area contributed by atoms with Crippen LogP contribution >= 0.6 is 12.2 Å². The molecule has 17 heavy (non-hydrogen) atoms. The zero-order valence-corrected chi connectivity index (χ0v) is 10.9. The van der Waals surface area contributed by atoms with E-state index in [1.54, 1.807) is 12.4 Å². The highest BCUT2D eigenvalue weighted by Gasteiger charge is 2.25. The summed E-state index contributed by atoms with van der Waals surface area (Å²) in [6, 6.07) is 0. The van der Waals surface area contributed by atoms with Gasteiger partial charge in [0.15, 0.2) is 5.82 Å². The van der Waals surface area contributed by atoms with E-state index >= 15 is 0 Å². The number of aromatic nitrogens is 2. The van der Waals surface area contributed by atoms with Crippen LogP contribution in [-0.4, -0.2) is 28.0 Å². The van der Waals surface area contributed by atoms with E-state index in [0.29, 0.717) is 10.7 Å². The van der Waals surface area contributed by atoms with Crippen LogP contribution in [0, 0.1) is 5.92 Å². The van der Waals surface area contributed by atoms with Crippen LogP contribution < -0.4 is 10.6 Å². The van der Waals surface area contributed by atoms with E-state index in [0.717, 1.165) is 24.8 Å². The summed E-state index contributed by atoms with van der Waals surface area (Å²) in [5.74, 6) is 1.61. The minimum atomic E-state index is 0.326. The second-order valence-electron chi connectivity index (χ2n) is 4.48. The molecular weight excluding hydrogens is 232 g/mol. The largest absolute Gasteiger partial charge is 0.388 e. The molecule has 0 spiro atoms. The summed E-state index contributed by atoms with van der Waals surface area (Å²) >= 11 is 5.01. The molecule has 92 valence electrons. The van der Waals surface area contributed by atoms with Gasteiger partial charge in [-0.25, -0.2) is 9.97 Å². The highest BCUT2D eigenvalue weighted by molar-refractivity contribution is 7.80. The van der Waals surface area contributed by atoms with E-state index in [2.05, 4.69) is 21.8 Å². The molecule has 0 amide bonds. The first kappa shape index (κ1) is 12.2. The van der Waals surface area contributed by atoms with Crippen molar-refractivity contribution in [2.24, 2.45) is 11.7 Å². The van der Waals surface area contributed by atoms with E-state index in [1.165, 1.54) is 19.3 Å². The van der Waals surface area contributed by atoms with E-state index < -0.39 is 0 Å². The van der Waals surface area contributed by atoms with Gasteiger partial charge in [-0.1, -0.05) is 25.6 Å². The Balaban J connectivity index is 2.16. The van der Waals surface area contributed by atoms with Gasteiger partial charge in [0, 0.05) is 25.5 Å². The number of hydrogen-bond acceptors (Lipinski definition) is 4. The topological polar surface area (TPSA) is 55.0 Å². The average Bonchev–Trinajstić information content (AvgIpc) is 2.78. The van der Waals surface area contributed by atoms with Crippen LogP contribution in [0.4, 0.5) is 5.82 Å². The molecular formula is C12H18N4S. The second-order valence-corrected chi connectivity index (χ2v) is 4.92. The number of thiocarbonyl (C=S) groups is 1. The first-order valence-corrected chi connectivity index (χ1v) is 6.49. The van der Waals surface area contributed by atoms with Crippen molar-refractivity contribution in [3.8, 4) is 0 Å². The van der Waals surface area contributed by atoms with Gasteiger partial charge in [-0.2, -0.15) is 0 Å². The van der Waals surface area contributed by atoms with E-state index in [4.69, 9.17) is 18.0 Å². The normalized spacial score (nSPS) is 19.6. The van der Waals surface area contributed by atoms with E-state index in [9.17, 15) is 0 Å². The maximum absolute atomic E-state index is 5.68. The van der Waals surface area contributed by atoms with Gasteiger partial charge in [-0.05, 0) is 18.8 Å². The van der Waals surface area contributed by atoms with Gasteiger partial charge in [0.05, 0.1) is 0 Å². The summed E-state index contributed by atoms with van der Waals surface area (Å²) in [6.07, 6.45) is 7.07. The smallest absolute Gasteiger partial charge is 0.157 e. The molecule has 1 atom stereocenters. The standard InChI is InChI=1S/C12H18N4S/c1-2-3-9-4-7-16(8-9)12-10(11(13)17)14-5-6-15-12/h5-6,9H,2-4,7-8H2,1H3,(H2,13,17). The minimum absolute atomic E-state index is 0.326. The predicted molar refractivity (Wildman–Crippen MR) is 73.1 cm³/mol. The van der Waals surface area contributed by atoms with Gasteiger partial charge in [0.1, 0.15) is 10.7 Å². The van der Waals surface area contributed by atoms with Crippen molar-refractivity contribution in [1.82, 2.24) is 9.97 Å². The lowest BCUT2D eigenvalue weighted by molar-refractivity contribution is 0.529. The van der Waals surface area contributed by atoms with Gasteiger partial charge in [0.25, 0.3) is 0 Å². The Kier molecular flexibility index (Phi) is 3.89. The molecule has 1 aliphatic rings. The van der Waals surface area contributed by atoms with Gasteiger partial charge in [0.2, 0.25) is 0 Å². The van der Waals surface area contributed by atoms with Crippen LogP contribution in [0.1, 0.15) is 31.9 Å². The third-order valence-corrected chi connectivity index (χ3v) is 3.39. The van der Waals surface area contributed by atoms with Gasteiger partial charge in [-0.3, -0.25) is 0 Å². The molecule has 0 aromatic carbocycles. The summed E-state index contributed by atoms with van der Waals surface area (Å²) < 4.78 is 0. The van der Waals surface area contributed by atoms with Gasteiger partial charge < -0.3 is 10.6 Å². The monoisotopic (exact) mass is 250 g/mol. The lowest BCUT2D eigenvalue weighted by atomic mass is 10.0. The molecule has 0 radical (unpaired) electrons. The van der Waals surface area contributed by atoms with Crippen LogP contribution in [0.3, 0.4) is 0 Å². The van der Waals surface area contributed by atoms with Crippen LogP contribution in [0.5, 0.6) is 0 Å². The SMILES string of the molecule is CCCC1CCN(c2nccnc2C(N)=S)C1. The molecule has 5 heteroatoms. The molecule has 1 aromatic rings. The summed E-state index contributed by atoms with van der Waals surface area (Å²) in [4.78, 5) is 11.2. The zero-order chi connectivity index (χ0) is 12.3. The lowest BCUT2D eigenvalue weighted by Crippen LogP contribution is -2.25. The number of nitrogens with two attached hydrogens (primary N) is 1. The maximum Gasteiger partial charge on any atom is 0.157 e. The predicted octanol–water partition coefficient (Wildman–Crippen LogP) is 1.74. The fourth-order valence-corrected chi connectivity index (χ4v) is 2.55. The quantitative estimate of drug-likeness (QED) is 0.825. The molecule has 2 rings (SSSR count). The zero-order valence-electron chi connectivity index (χ0n) is 10.1. The Morgan fingerprint density at radius 2 is 2.29 bits per heavy atom. The summed E-state index contributed by atoms with van der Waals surface area (Å²) in [7, 11) is 0. The van der Waals surface area contributed by atoms with Crippen LogP contribution in [0.15, 0.2) is 12.4 Å². The molecule has 1 unspecified atom stereocenters. The Bertz CT molecular complexity index is 407. The molecule has 4 nitrogen and oxygen atoms in total. The van der Waals surface area contributed by atoms with Crippen molar-refractivity contribution < 1.29 is 0 Å². The fourth-order valence-electron chi connectivity index (χ4n) is 2.40. The van der Waals surface area contributed by atoms with Crippen molar-refractivity contribution in [1.29, 1.82) is 0 Å². The Morgan fingerprint density at radius 3 is 3.00 bits per heavy atom. The van der Waals surface area contributed by atoms with Crippen molar-refractivity contribution in [3.05, 3.63) is 18.1 Å². The van der Waals surface area contributed by atoms with Gasteiger partial charge in [-0.15, -0.1) is 0 Å². The second kappa shape index (κ2) is 5.40. The molecule has 2 heterocycles. The first-order chi connectivity index (χ1) is 8.22. The van der Waals surface area contributed by atoms with Crippen molar-refractivity contribution >= 4 is 23.0 Å². The third kappa shape index (κ3) is 2.72. The van der Waals surface area contributed by atoms with Gasteiger partial charge >= 0.3 is 0 Å². The van der Waals surface area contributed by atoms with Crippen LogP contribution in [0.2, 0.25) is 0 Å². The fraction of sp³-hybridized carbons (Fsp3) is 0.583. The number of anilines is 1. The Hall–Kier alpha value is -1.23. The molecule has 0 bridgehead atoms.